The molecule has 0 aromatic heterocycles. The van der Waals surface area contributed by atoms with E-state index in [1.165, 1.54) is 4.90 Å². The number of amides is 2. The molecule has 1 aromatic rings. The third-order valence-electron chi connectivity index (χ3n) is 4.72. The fourth-order valence-corrected chi connectivity index (χ4v) is 2.99. The second kappa shape index (κ2) is 8.34. The highest BCUT2D eigenvalue weighted by Gasteiger charge is 2.36. The predicted octanol–water partition coefficient (Wildman–Crippen LogP) is 2.42. The standard InChI is InChI=1S/C18H23ClN2O4/c1-3-11(2)15(17(23)21-9-8-13(10-21)18(24)25)20-16(22)12-4-6-14(19)7-5-12/h4-7,11,13,15H,3,8-10H2,1-2H3,(H,20,22)(H,24,25). The van der Waals surface area contributed by atoms with Gasteiger partial charge in [-0.25, -0.2) is 0 Å². The number of aliphatic carboxylic acids is 1. The van der Waals surface area contributed by atoms with Crippen LogP contribution >= 0.6 is 11.6 Å². The second-order valence-corrected chi connectivity index (χ2v) is 6.89. The van der Waals surface area contributed by atoms with Crippen LogP contribution in [0.5, 0.6) is 0 Å². The number of rotatable bonds is 6. The summed E-state index contributed by atoms with van der Waals surface area (Å²) in [6.45, 7) is 4.44. The van der Waals surface area contributed by atoms with Crippen LogP contribution in [0.15, 0.2) is 24.3 Å². The van der Waals surface area contributed by atoms with Crippen molar-refractivity contribution in [3.63, 3.8) is 0 Å². The quantitative estimate of drug-likeness (QED) is 0.809. The molecule has 0 aliphatic carbocycles. The minimum atomic E-state index is -0.888. The maximum atomic E-state index is 12.8. The smallest absolute Gasteiger partial charge is 0.308 e. The SMILES string of the molecule is CCC(C)C(NC(=O)c1ccc(Cl)cc1)C(=O)N1CCC(C(=O)O)C1. The molecule has 1 aliphatic heterocycles. The van der Waals surface area contributed by atoms with Crippen molar-refractivity contribution in [2.45, 2.75) is 32.7 Å². The Bertz CT molecular complexity index is 647. The van der Waals surface area contributed by atoms with Crippen molar-refractivity contribution in [3.05, 3.63) is 34.9 Å². The number of likely N-dealkylation sites (tertiary alicyclic amines) is 1. The van der Waals surface area contributed by atoms with Crippen molar-refractivity contribution in [1.29, 1.82) is 0 Å². The first-order chi connectivity index (χ1) is 11.8. The molecular formula is C18H23ClN2O4. The van der Waals surface area contributed by atoms with E-state index in [1.807, 2.05) is 13.8 Å². The summed E-state index contributed by atoms with van der Waals surface area (Å²) in [5, 5.41) is 12.4. The third kappa shape index (κ3) is 4.72. The van der Waals surface area contributed by atoms with Crippen LogP contribution in [-0.2, 0) is 9.59 Å². The average molecular weight is 367 g/mol. The van der Waals surface area contributed by atoms with Crippen LogP contribution in [0.2, 0.25) is 5.02 Å². The van der Waals surface area contributed by atoms with E-state index in [1.54, 1.807) is 24.3 Å². The summed E-state index contributed by atoms with van der Waals surface area (Å²) in [6.07, 6.45) is 1.16. The predicted molar refractivity (Wildman–Crippen MR) is 94.5 cm³/mol. The van der Waals surface area contributed by atoms with Gasteiger partial charge in [-0.05, 0) is 36.6 Å². The van der Waals surface area contributed by atoms with E-state index in [0.717, 1.165) is 0 Å². The zero-order chi connectivity index (χ0) is 18.6. The molecule has 136 valence electrons. The van der Waals surface area contributed by atoms with E-state index in [-0.39, 0.29) is 24.3 Å². The Hall–Kier alpha value is -2.08. The number of carbonyl (C=O) groups is 3. The van der Waals surface area contributed by atoms with Crippen LogP contribution in [0.25, 0.3) is 0 Å². The third-order valence-corrected chi connectivity index (χ3v) is 4.97. The largest absolute Gasteiger partial charge is 0.481 e. The van der Waals surface area contributed by atoms with E-state index in [9.17, 15) is 14.4 Å². The minimum absolute atomic E-state index is 0.0624. The van der Waals surface area contributed by atoms with E-state index < -0.39 is 17.9 Å². The monoisotopic (exact) mass is 366 g/mol. The van der Waals surface area contributed by atoms with Crippen LogP contribution in [0, 0.1) is 11.8 Å². The highest BCUT2D eigenvalue weighted by molar-refractivity contribution is 6.30. The maximum absolute atomic E-state index is 12.8. The summed E-state index contributed by atoms with van der Waals surface area (Å²) in [7, 11) is 0. The normalized spacial score (nSPS) is 19.3. The topological polar surface area (TPSA) is 86.7 Å². The van der Waals surface area contributed by atoms with Gasteiger partial charge in [-0.15, -0.1) is 0 Å². The summed E-state index contributed by atoms with van der Waals surface area (Å²) in [4.78, 5) is 37.9. The molecular weight excluding hydrogens is 344 g/mol. The highest BCUT2D eigenvalue weighted by atomic mass is 35.5. The fourth-order valence-electron chi connectivity index (χ4n) is 2.87. The van der Waals surface area contributed by atoms with Crippen molar-refractivity contribution < 1.29 is 19.5 Å². The zero-order valence-electron chi connectivity index (χ0n) is 14.4. The Labute approximate surface area is 152 Å². The summed E-state index contributed by atoms with van der Waals surface area (Å²) in [5.74, 6) is -2.05. The van der Waals surface area contributed by atoms with E-state index in [0.29, 0.717) is 30.0 Å². The number of carboxylic acid groups (broad SMARTS) is 1. The van der Waals surface area contributed by atoms with Crippen molar-refractivity contribution in [3.8, 4) is 0 Å². The number of nitrogens with one attached hydrogen (secondary N) is 1. The van der Waals surface area contributed by atoms with E-state index >= 15 is 0 Å². The first-order valence-electron chi connectivity index (χ1n) is 8.41. The lowest BCUT2D eigenvalue weighted by atomic mass is 9.97. The molecule has 1 aliphatic rings. The first kappa shape index (κ1) is 19.2. The zero-order valence-corrected chi connectivity index (χ0v) is 15.1. The van der Waals surface area contributed by atoms with Gasteiger partial charge in [-0.1, -0.05) is 31.9 Å². The van der Waals surface area contributed by atoms with Crippen LogP contribution in [-0.4, -0.2) is 46.9 Å². The van der Waals surface area contributed by atoms with Gasteiger partial charge in [0.2, 0.25) is 5.91 Å². The molecule has 3 atom stereocenters. The number of halogens is 1. The molecule has 0 spiro atoms. The summed E-state index contributed by atoms with van der Waals surface area (Å²) < 4.78 is 0. The van der Waals surface area contributed by atoms with Gasteiger partial charge in [0, 0.05) is 23.7 Å². The summed E-state index contributed by atoms with van der Waals surface area (Å²) in [6, 6.07) is 5.77. The van der Waals surface area contributed by atoms with Crippen LogP contribution in [0.4, 0.5) is 0 Å². The van der Waals surface area contributed by atoms with Crippen molar-refractivity contribution in [2.24, 2.45) is 11.8 Å². The fraction of sp³-hybridized carbons (Fsp3) is 0.500. The molecule has 0 radical (unpaired) electrons. The molecule has 3 unspecified atom stereocenters. The Balaban J connectivity index is 2.10. The molecule has 2 N–H and O–H groups in total. The number of hydrogen-bond acceptors (Lipinski definition) is 3. The molecule has 2 amide bonds. The van der Waals surface area contributed by atoms with Gasteiger partial charge in [-0.3, -0.25) is 14.4 Å². The molecule has 0 saturated carbocycles. The molecule has 1 heterocycles. The number of carbonyl (C=O) groups excluding carboxylic acids is 2. The maximum Gasteiger partial charge on any atom is 0.308 e. The number of nitrogens with zero attached hydrogens (tertiary/aromatic N) is 1. The van der Waals surface area contributed by atoms with Crippen molar-refractivity contribution in [1.82, 2.24) is 10.2 Å². The molecule has 7 heteroatoms. The minimum Gasteiger partial charge on any atom is -0.481 e. The Morgan fingerprint density at radius 3 is 2.48 bits per heavy atom. The molecule has 25 heavy (non-hydrogen) atoms. The lowest BCUT2D eigenvalue weighted by Gasteiger charge is -2.28. The molecule has 0 bridgehead atoms. The van der Waals surface area contributed by atoms with Gasteiger partial charge < -0.3 is 15.3 Å². The van der Waals surface area contributed by atoms with Gasteiger partial charge in [0.15, 0.2) is 0 Å². The van der Waals surface area contributed by atoms with Gasteiger partial charge >= 0.3 is 5.97 Å². The first-order valence-corrected chi connectivity index (χ1v) is 8.79. The number of carboxylic acids is 1. The van der Waals surface area contributed by atoms with Gasteiger partial charge in [0.05, 0.1) is 5.92 Å². The average Bonchev–Trinajstić information content (AvgIpc) is 3.09. The van der Waals surface area contributed by atoms with Gasteiger partial charge in [0.1, 0.15) is 6.04 Å². The second-order valence-electron chi connectivity index (χ2n) is 6.45. The van der Waals surface area contributed by atoms with Gasteiger partial charge in [0.25, 0.3) is 5.91 Å². The molecule has 2 rings (SSSR count). The molecule has 1 aromatic carbocycles. The Kier molecular flexibility index (Phi) is 6.42. The lowest BCUT2D eigenvalue weighted by Crippen LogP contribution is -2.51. The van der Waals surface area contributed by atoms with E-state index in [4.69, 9.17) is 16.7 Å². The van der Waals surface area contributed by atoms with Gasteiger partial charge in [-0.2, -0.15) is 0 Å². The number of hydrogen-bond donors (Lipinski definition) is 2. The van der Waals surface area contributed by atoms with E-state index in [2.05, 4.69) is 5.32 Å². The van der Waals surface area contributed by atoms with Crippen molar-refractivity contribution in [2.75, 3.05) is 13.1 Å². The number of benzene rings is 1. The highest BCUT2D eigenvalue weighted by Crippen LogP contribution is 2.20. The van der Waals surface area contributed by atoms with Crippen LogP contribution in [0.3, 0.4) is 0 Å². The van der Waals surface area contributed by atoms with Crippen LogP contribution < -0.4 is 5.32 Å². The molecule has 1 saturated heterocycles. The Morgan fingerprint density at radius 1 is 1.32 bits per heavy atom. The molecule has 1 fully saturated rings. The lowest BCUT2D eigenvalue weighted by molar-refractivity contribution is -0.141. The summed E-state index contributed by atoms with van der Waals surface area (Å²) >= 11 is 5.83. The van der Waals surface area contributed by atoms with Crippen molar-refractivity contribution >= 4 is 29.4 Å². The molecule has 6 nitrogen and oxygen atoms in total. The summed E-state index contributed by atoms with van der Waals surface area (Å²) in [5.41, 5.74) is 0.426. The Morgan fingerprint density at radius 2 is 1.96 bits per heavy atom. The van der Waals surface area contributed by atoms with Crippen LogP contribution in [0.1, 0.15) is 37.0 Å².